The first-order valence-electron chi connectivity index (χ1n) is 3.98. The molecule has 0 aromatic carbocycles. The van der Waals surface area contributed by atoms with Crippen LogP contribution in [0.2, 0.25) is 0 Å². The number of likely N-dealkylation sites (N-methyl/N-ethyl adjacent to an activating group) is 1. The minimum Gasteiger partial charge on any atom is -0.395 e. The third kappa shape index (κ3) is 2.20. The highest BCUT2D eigenvalue weighted by Crippen LogP contribution is 2.07. The second-order valence-corrected chi connectivity index (χ2v) is 2.84. The molecule has 0 saturated heterocycles. The van der Waals surface area contributed by atoms with Crippen LogP contribution in [-0.2, 0) is 0 Å². The maximum absolute atomic E-state index is 8.68. The first-order chi connectivity index (χ1) is 5.74. The van der Waals surface area contributed by atoms with Gasteiger partial charge in [-0.2, -0.15) is 0 Å². The zero-order valence-corrected chi connectivity index (χ0v) is 7.49. The van der Waals surface area contributed by atoms with Gasteiger partial charge in [0.25, 0.3) is 0 Å². The van der Waals surface area contributed by atoms with Crippen LogP contribution in [0.15, 0.2) is 18.3 Å². The average Bonchev–Trinajstić information content (AvgIpc) is 2.06. The second kappa shape index (κ2) is 4.07. The van der Waals surface area contributed by atoms with Crippen LogP contribution in [0.5, 0.6) is 0 Å². The molecule has 0 radical (unpaired) electrons. The number of aliphatic hydroxyl groups is 1. The predicted molar refractivity (Wildman–Crippen MR) is 49.3 cm³/mol. The Kier molecular flexibility index (Phi) is 3.05. The molecule has 0 bridgehead atoms. The van der Waals surface area contributed by atoms with Crippen molar-refractivity contribution in [1.29, 1.82) is 0 Å². The molecule has 0 aliphatic carbocycles. The van der Waals surface area contributed by atoms with E-state index >= 15 is 0 Å². The number of pyridine rings is 1. The van der Waals surface area contributed by atoms with Crippen molar-refractivity contribution in [2.24, 2.45) is 0 Å². The summed E-state index contributed by atoms with van der Waals surface area (Å²) < 4.78 is 0. The smallest absolute Gasteiger partial charge is 0.128 e. The van der Waals surface area contributed by atoms with E-state index in [9.17, 15) is 0 Å². The quantitative estimate of drug-likeness (QED) is 0.722. The molecule has 0 fully saturated rings. The average molecular weight is 166 g/mol. The van der Waals surface area contributed by atoms with Crippen LogP contribution >= 0.6 is 0 Å². The molecule has 0 spiro atoms. The van der Waals surface area contributed by atoms with Crippen molar-refractivity contribution in [2.45, 2.75) is 6.92 Å². The van der Waals surface area contributed by atoms with Crippen molar-refractivity contribution in [3.05, 3.63) is 23.9 Å². The number of hydrogen-bond donors (Lipinski definition) is 1. The molecule has 0 aliphatic heterocycles. The van der Waals surface area contributed by atoms with Crippen LogP contribution in [0, 0.1) is 6.92 Å². The summed E-state index contributed by atoms with van der Waals surface area (Å²) in [4.78, 5) is 6.13. The fourth-order valence-corrected chi connectivity index (χ4v) is 0.950. The van der Waals surface area contributed by atoms with E-state index < -0.39 is 0 Å². The van der Waals surface area contributed by atoms with Crippen molar-refractivity contribution in [3.63, 3.8) is 0 Å². The van der Waals surface area contributed by atoms with Crippen LogP contribution in [0.3, 0.4) is 0 Å². The lowest BCUT2D eigenvalue weighted by Gasteiger charge is -2.16. The lowest BCUT2D eigenvalue weighted by Crippen LogP contribution is -2.21. The van der Waals surface area contributed by atoms with E-state index in [4.69, 9.17) is 5.11 Å². The minimum absolute atomic E-state index is 0.159. The van der Waals surface area contributed by atoms with Gasteiger partial charge in [-0.1, -0.05) is 6.07 Å². The maximum Gasteiger partial charge on any atom is 0.128 e. The van der Waals surface area contributed by atoms with Gasteiger partial charge in [-0.15, -0.1) is 0 Å². The first kappa shape index (κ1) is 9.00. The standard InChI is InChI=1S/C9H14N2O/c1-8-3-4-9(10-7-8)11(2)5-6-12/h3-4,7,12H,5-6H2,1-2H3. The third-order valence-corrected chi connectivity index (χ3v) is 1.72. The Hall–Kier alpha value is -1.09. The summed E-state index contributed by atoms with van der Waals surface area (Å²) in [6.45, 7) is 2.78. The fourth-order valence-electron chi connectivity index (χ4n) is 0.950. The van der Waals surface area contributed by atoms with E-state index in [1.165, 1.54) is 0 Å². The van der Waals surface area contributed by atoms with E-state index in [0.29, 0.717) is 6.54 Å². The Balaban J connectivity index is 2.68. The molecule has 0 atom stereocenters. The molecule has 1 heterocycles. The minimum atomic E-state index is 0.159. The highest BCUT2D eigenvalue weighted by Gasteiger charge is 1.99. The van der Waals surface area contributed by atoms with E-state index in [1.807, 2.05) is 37.2 Å². The normalized spacial score (nSPS) is 9.92. The Morgan fingerprint density at radius 1 is 1.50 bits per heavy atom. The molecule has 0 aliphatic rings. The van der Waals surface area contributed by atoms with Crippen LogP contribution in [0.25, 0.3) is 0 Å². The lowest BCUT2D eigenvalue weighted by atomic mass is 10.3. The molecule has 1 rings (SSSR count). The second-order valence-electron chi connectivity index (χ2n) is 2.84. The first-order valence-corrected chi connectivity index (χ1v) is 3.98. The molecular weight excluding hydrogens is 152 g/mol. The topological polar surface area (TPSA) is 36.4 Å². The Labute approximate surface area is 72.7 Å². The van der Waals surface area contributed by atoms with Crippen molar-refractivity contribution < 1.29 is 5.11 Å². The number of aromatic nitrogens is 1. The molecule has 3 nitrogen and oxygen atoms in total. The van der Waals surface area contributed by atoms with Gasteiger partial charge < -0.3 is 10.0 Å². The predicted octanol–water partition coefficient (Wildman–Crippen LogP) is 0.819. The Morgan fingerprint density at radius 3 is 2.75 bits per heavy atom. The molecule has 0 amide bonds. The van der Waals surface area contributed by atoms with Crippen molar-refractivity contribution in [1.82, 2.24) is 4.98 Å². The SMILES string of the molecule is Cc1ccc(N(C)CCO)nc1. The van der Waals surface area contributed by atoms with Gasteiger partial charge in [0.15, 0.2) is 0 Å². The summed E-state index contributed by atoms with van der Waals surface area (Å²) in [5.41, 5.74) is 1.15. The number of anilines is 1. The van der Waals surface area contributed by atoms with Gasteiger partial charge in [-0.3, -0.25) is 0 Å². The van der Waals surface area contributed by atoms with Gasteiger partial charge in [0.05, 0.1) is 6.61 Å². The Morgan fingerprint density at radius 2 is 2.25 bits per heavy atom. The number of rotatable bonds is 3. The van der Waals surface area contributed by atoms with Crippen LogP contribution in [0.1, 0.15) is 5.56 Å². The lowest BCUT2D eigenvalue weighted by molar-refractivity contribution is 0.304. The van der Waals surface area contributed by atoms with E-state index in [1.54, 1.807) is 0 Å². The monoisotopic (exact) mass is 166 g/mol. The number of nitrogens with zero attached hydrogens (tertiary/aromatic N) is 2. The van der Waals surface area contributed by atoms with Gasteiger partial charge in [0.1, 0.15) is 5.82 Å². The molecule has 0 unspecified atom stereocenters. The third-order valence-electron chi connectivity index (χ3n) is 1.72. The van der Waals surface area contributed by atoms with Crippen LogP contribution in [-0.4, -0.2) is 30.3 Å². The van der Waals surface area contributed by atoms with E-state index in [0.717, 1.165) is 11.4 Å². The van der Waals surface area contributed by atoms with Gasteiger partial charge in [0.2, 0.25) is 0 Å². The molecule has 66 valence electrons. The van der Waals surface area contributed by atoms with Crippen molar-refractivity contribution in [3.8, 4) is 0 Å². The zero-order chi connectivity index (χ0) is 8.97. The molecule has 0 saturated carbocycles. The summed E-state index contributed by atoms with van der Waals surface area (Å²) >= 11 is 0. The van der Waals surface area contributed by atoms with E-state index in [-0.39, 0.29) is 6.61 Å². The zero-order valence-electron chi connectivity index (χ0n) is 7.49. The molecule has 1 aromatic heterocycles. The van der Waals surface area contributed by atoms with Gasteiger partial charge in [-0.25, -0.2) is 4.98 Å². The highest BCUT2D eigenvalue weighted by molar-refractivity contribution is 5.37. The Bertz CT molecular complexity index is 233. The van der Waals surface area contributed by atoms with Gasteiger partial charge in [-0.05, 0) is 18.6 Å². The van der Waals surface area contributed by atoms with Crippen molar-refractivity contribution >= 4 is 5.82 Å². The largest absolute Gasteiger partial charge is 0.395 e. The molecule has 1 N–H and O–H groups in total. The number of hydrogen-bond acceptors (Lipinski definition) is 3. The molecule has 1 aromatic rings. The van der Waals surface area contributed by atoms with Gasteiger partial charge in [0, 0.05) is 19.8 Å². The van der Waals surface area contributed by atoms with Crippen LogP contribution in [0.4, 0.5) is 5.82 Å². The summed E-state index contributed by atoms with van der Waals surface area (Å²) in [5, 5.41) is 8.68. The summed E-state index contributed by atoms with van der Waals surface area (Å²) in [5.74, 6) is 0.898. The van der Waals surface area contributed by atoms with E-state index in [2.05, 4.69) is 4.98 Å². The summed E-state index contributed by atoms with van der Waals surface area (Å²) in [6.07, 6.45) is 1.82. The van der Waals surface area contributed by atoms with Crippen LogP contribution < -0.4 is 4.90 Å². The summed E-state index contributed by atoms with van der Waals surface area (Å²) in [6, 6.07) is 3.96. The number of aryl methyl sites for hydroxylation is 1. The number of aliphatic hydroxyl groups excluding tert-OH is 1. The highest BCUT2D eigenvalue weighted by atomic mass is 16.3. The molecule has 12 heavy (non-hydrogen) atoms. The fraction of sp³-hybridized carbons (Fsp3) is 0.444. The van der Waals surface area contributed by atoms with Gasteiger partial charge >= 0.3 is 0 Å². The molecular formula is C9H14N2O. The maximum atomic E-state index is 8.68. The summed E-state index contributed by atoms with van der Waals surface area (Å²) in [7, 11) is 1.91. The molecule has 3 heteroatoms. The van der Waals surface area contributed by atoms with Crippen molar-refractivity contribution in [2.75, 3.05) is 25.1 Å².